The molecule has 30 heavy (non-hydrogen) atoms. The van der Waals surface area contributed by atoms with E-state index in [2.05, 4.69) is 20.2 Å². The van der Waals surface area contributed by atoms with Crippen LogP contribution >= 0.6 is 11.6 Å². The number of nitrogens with zero attached hydrogens (tertiary/aromatic N) is 4. The molecule has 2 fully saturated rings. The number of aromatic nitrogens is 4. The zero-order chi connectivity index (χ0) is 20.7. The minimum Gasteiger partial charge on any atom is -0.364 e. The Labute approximate surface area is 179 Å². The lowest BCUT2D eigenvalue weighted by Gasteiger charge is -2.33. The molecule has 2 N–H and O–H groups in total. The first-order chi connectivity index (χ1) is 14.6. The summed E-state index contributed by atoms with van der Waals surface area (Å²) in [5.74, 6) is 2.22. The molecule has 0 spiro atoms. The van der Waals surface area contributed by atoms with Crippen molar-refractivity contribution >= 4 is 34.3 Å². The maximum atomic E-state index is 12.1. The molecule has 0 bridgehead atoms. The molecular formula is C22H25ClN6O. The largest absolute Gasteiger partial charge is 0.364 e. The van der Waals surface area contributed by atoms with E-state index in [-0.39, 0.29) is 5.56 Å². The van der Waals surface area contributed by atoms with Crippen molar-refractivity contribution in [2.45, 2.75) is 45.1 Å². The van der Waals surface area contributed by atoms with Crippen molar-refractivity contribution in [1.82, 2.24) is 19.9 Å². The predicted molar refractivity (Wildman–Crippen MR) is 119 cm³/mol. The van der Waals surface area contributed by atoms with Crippen molar-refractivity contribution in [3.8, 4) is 0 Å². The first-order valence-electron chi connectivity index (χ1n) is 10.6. The van der Waals surface area contributed by atoms with Gasteiger partial charge in [-0.05, 0) is 57.1 Å². The number of aryl methyl sites for hydroxylation is 1. The van der Waals surface area contributed by atoms with Crippen molar-refractivity contribution in [3.63, 3.8) is 0 Å². The maximum absolute atomic E-state index is 12.1. The predicted octanol–water partition coefficient (Wildman–Crippen LogP) is 3.71. The summed E-state index contributed by atoms with van der Waals surface area (Å²) in [6.07, 6.45) is 8.43. The normalized spacial score (nSPS) is 17.5. The molecule has 0 unspecified atom stereocenters. The Morgan fingerprint density at radius 1 is 1.20 bits per heavy atom. The van der Waals surface area contributed by atoms with E-state index in [4.69, 9.17) is 21.6 Å². The standard InChI is InChI=1S/C22H25ClN6O/c1-13-19-18(5-9-24-13)27-20(26-15-2-3-15)21(28-19)29-10-6-14(7-11-29)12-16-17(23)4-8-25-22(16)30/h4-5,8-9,14-15H,2-3,6-7,10-12H2,1H3,(H,25,30)(H,26,27). The number of rotatable bonds is 5. The third-order valence-electron chi connectivity index (χ3n) is 6.08. The summed E-state index contributed by atoms with van der Waals surface area (Å²) in [4.78, 5) is 31.4. The number of piperidine rings is 1. The van der Waals surface area contributed by atoms with Gasteiger partial charge in [0.1, 0.15) is 5.52 Å². The Bertz CT molecular complexity index is 1130. The lowest BCUT2D eigenvalue weighted by Crippen LogP contribution is -2.36. The van der Waals surface area contributed by atoms with E-state index in [0.717, 1.165) is 54.3 Å². The topological polar surface area (TPSA) is 86.8 Å². The maximum Gasteiger partial charge on any atom is 0.252 e. The highest BCUT2D eigenvalue weighted by Gasteiger charge is 2.28. The van der Waals surface area contributed by atoms with Gasteiger partial charge in [-0.1, -0.05) is 11.6 Å². The van der Waals surface area contributed by atoms with E-state index in [0.29, 0.717) is 29.0 Å². The molecule has 5 rings (SSSR count). The molecule has 1 saturated carbocycles. The molecule has 3 aromatic rings. The van der Waals surface area contributed by atoms with Crippen LogP contribution in [-0.4, -0.2) is 39.1 Å². The average molecular weight is 425 g/mol. The summed E-state index contributed by atoms with van der Waals surface area (Å²) in [5, 5.41) is 4.12. The van der Waals surface area contributed by atoms with Gasteiger partial charge < -0.3 is 15.2 Å². The van der Waals surface area contributed by atoms with Gasteiger partial charge in [0.2, 0.25) is 0 Å². The zero-order valence-electron chi connectivity index (χ0n) is 17.0. The van der Waals surface area contributed by atoms with Gasteiger partial charge in [0, 0.05) is 37.1 Å². The van der Waals surface area contributed by atoms with Crippen LogP contribution in [-0.2, 0) is 6.42 Å². The highest BCUT2D eigenvalue weighted by molar-refractivity contribution is 6.31. The Balaban J connectivity index is 1.37. The molecule has 0 aromatic carbocycles. The second-order valence-corrected chi connectivity index (χ2v) is 8.75. The molecule has 7 nitrogen and oxygen atoms in total. The quantitative estimate of drug-likeness (QED) is 0.649. The Morgan fingerprint density at radius 2 is 2.00 bits per heavy atom. The summed E-state index contributed by atoms with van der Waals surface area (Å²) in [6, 6.07) is 4.18. The second-order valence-electron chi connectivity index (χ2n) is 8.35. The highest BCUT2D eigenvalue weighted by atomic mass is 35.5. The van der Waals surface area contributed by atoms with Crippen molar-refractivity contribution in [1.29, 1.82) is 0 Å². The fraction of sp³-hybridized carbons (Fsp3) is 0.455. The van der Waals surface area contributed by atoms with Crippen molar-refractivity contribution in [3.05, 3.63) is 51.2 Å². The van der Waals surface area contributed by atoms with Crippen LogP contribution in [0.3, 0.4) is 0 Å². The number of pyridine rings is 2. The van der Waals surface area contributed by atoms with Gasteiger partial charge in [-0.15, -0.1) is 0 Å². The third-order valence-corrected chi connectivity index (χ3v) is 6.43. The van der Waals surface area contributed by atoms with Gasteiger partial charge in [0.25, 0.3) is 5.56 Å². The van der Waals surface area contributed by atoms with Crippen LogP contribution in [0.1, 0.15) is 36.9 Å². The van der Waals surface area contributed by atoms with Crippen LogP contribution in [0.2, 0.25) is 5.02 Å². The van der Waals surface area contributed by atoms with Crippen LogP contribution in [0, 0.1) is 12.8 Å². The van der Waals surface area contributed by atoms with E-state index in [1.165, 1.54) is 12.8 Å². The fourth-order valence-corrected chi connectivity index (χ4v) is 4.38. The molecular weight excluding hydrogens is 400 g/mol. The number of hydrogen-bond donors (Lipinski definition) is 2. The number of aromatic amines is 1. The number of H-pyrrole nitrogens is 1. The fourth-order valence-electron chi connectivity index (χ4n) is 4.16. The third kappa shape index (κ3) is 3.86. The number of hydrogen-bond acceptors (Lipinski definition) is 6. The molecule has 1 aliphatic carbocycles. The van der Waals surface area contributed by atoms with Gasteiger partial charge >= 0.3 is 0 Å². The molecule has 0 radical (unpaired) electrons. The lowest BCUT2D eigenvalue weighted by molar-refractivity contribution is 0.401. The van der Waals surface area contributed by atoms with E-state index < -0.39 is 0 Å². The van der Waals surface area contributed by atoms with E-state index >= 15 is 0 Å². The smallest absolute Gasteiger partial charge is 0.252 e. The minimum absolute atomic E-state index is 0.0794. The van der Waals surface area contributed by atoms with Crippen LogP contribution in [0.5, 0.6) is 0 Å². The first kappa shape index (κ1) is 19.3. The van der Waals surface area contributed by atoms with Crippen LogP contribution in [0.25, 0.3) is 11.0 Å². The summed E-state index contributed by atoms with van der Waals surface area (Å²) in [7, 11) is 0. The van der Waals surface area contributed by atoms with Crippen molar-refractivity contribution < 1.29 is 0 Å². The molecule has 8 heteroatoms. The number of nitrogens with one attached hydrogen (secondary N) is 2. The van der Waals surface area contributed by atoms with Gasteiger partial charge in [-0.3, -0.25) is 9.78 Å². The molecule has 2 aliphatic rings. The SMILES string of the molecule is Cc1nccc2nc(NC3CC3)c(N3CCC(Cc4c(Cl)cc[nH]c4=O)CC3)nc12. The van der Waals surface area contributed by atoms with E-state index in [9.17, 15) is 4.79 Å². The summed E-state index contributed by atoms with van der Waals surface area (Å²) < 4.78 is 0. The molecule has 4 heterocycles. The Hall–Kier alpha value is -2.67. The van der Waals surface area contributed by atoms with Crippen LogP contribution in [0.4, 0.5) is 11.6 Å². The number of anilines is 2. The van der Waals surface area contributed by atoms with Gasteiger partial charge in [0.05, 0.1) is 16.2 Å². The summed E-state index contributed by atoms with van der Waals surface area (Å²) >= 11 is 6.26. The molecule has 1 aliphatic heterocycles. The number of halogens is 1. The summed E-state index contributed by atoms with van der Waals surface area (Å²) in [6.45, 7) is 3.74. The van der Waals surface area contributed by atoms with E-state index in [1.54, 1.807) is 18.5 Å². The molecule has 156 valence electrons. The van der Waals surface area contributed by atoms with E-state index in [1.807, 2.05) is 13.0 Å². The van der Waals surface area contributed by atoms with Gasteiger partial charge in [-0.25, -0.2) is 9.97 Å². The Kier molecular flexibility index (Phi) is 5.06. The van der Waals surface area contributed by atoms with Crippen molar-refractivity contribution in [2.75, 3.05) is 23.3 Å². The van der Waals surface area contributed by atoms with Gasteiger partial charge in [-0.2, -0.15) is 0 Å². The zero-order valence-corrected chi connectivity index (χ0v) is 17.7. The average Bonchev–Trinajstić information content (AvgIpc) is 3.55. The molecule has 3 aromatic heterocycles. The monoisotopic (exact) mass is 424 g/mol. The first-order valence-corrected chi connectivity index (χ1v) is 11.0. The van der Waals surface area contributed by atoms with Crippen molar-refractivity contribution in [2.24, 2.45) is 5.92 Å². The molecule has 1 saturated heterocycles. The molecule has 0 amide bonds. The molecule has 0 atom stereocenters. The van der Waals surface area contributed by atoms with Gasteiger partial charge in [0.15, 0.2) is 11.6 Å². The second kappa shape index (κ2) is 7.87. The lowest BCUT2D eigenvalue weighted by atomic mass is 9.90. The minimum atomic E-state index is -0.0794. The highest BCUT2D eigenvalue weighted by Crippen LogP contribution is 2.33. The summed E-state index contributed by atoms with van der Waals surface area (Å²) in [5.41, 5.74) is 3.25. The van der Waals surface area contributed by atoms with Crippen LogP contribution in [0.15, 0.2) is 29.3 Å². The number of fused-ring (bicyclic) bond motifs is 1. The Morgan fingerprint density at radius 3 is 2.73 bits per heavy atom. The van der Waals surface area contributed by atoms with Crippen LogP contribution < -0.4 is 15.8 Å².